The molecule has 1 saturated heterocycles. The summed E-state index contributed by atoms with van der Waals surface area (Å²) >= 11 is 0. The summed E-state index contributed by atoms with van der Waals surface area (Å²) in [4.78, 5) is 40.8. The van der Waals surface area contributed by atoms with Gasteiger partial charge in [-0.1, -0.05) is 42.5 Å². The van der Waals surface area contributed by atoms with Gasteiger partial charge in [0.2, 0.25) is 0 Å². The summed E-state index contributed by atoms with van der Waals surface area (Å²) in [5, 5.41) is 3.24. The SMILES string of the molecule is CC(C)(C)OC(=O)Cn1cc(C(=O)N2CCC(c3ccc(F)cc3)CC2)c(NCc2ccccc2)cc1=O. The second kappa shape index (κ2) is 11.6. The van der Waals surface area contributed by atoms with Crippen LogP contribution in [-0.2, 0) is 22.6 Å². The van der Waals surface area contributed by atoms with Gasteiger partial charge in [-0.3, -0.25) is 14.4 Å². The van der Waals surface area contributed by atoms with Crippen molar-refractivity contribution < 1.29 is 18.7 Å². The van der Waals surface area contributed by atoms with Crippen molar-refractivity contribution in [3.05, 3.63) is 99.7 Å². The number of piperidine rings is 1. The van der Waals surface area contributed by atoms with Gasteiger partial charge in [0.15, 0.2) is 0 Å². The first-order valence-electron chi connectivity index (χ1n) is 12.9. The van der Waals surface area contributed by atoms with Crippen molar-refractivity contribution in [2.75, 3.05) is 18.4 Å². The molecule has 0 spiro atoms. The van der Waals surface area contributed by atoms with Gasteiger partial charge in [-0.2, -0.15) is 0 Å². The first-order valence-corrected chi connectivity index (χ1v) is 12.9. The minimum absolute atomic E-state index is 0.212. The number of ether oxygens (including phenoxy) is 1. The van der Waals surface area contributed by atoms with Crippen LogP contribution < -0.4 is 10.9 Å². The second-order valence-corrected chi connectivity index (χ2v) is 10.6. The number of halogens is 1. The van der Waals surface area contributed by atoms with Crippen molar-refractivity contribution in [1.29, 1.82) is 0 Å². The Balaban J connectivity index is 1.55. The zero-order valence-electron chi connectivity index (χ0n) is 22.1. The molecule has 0 bridgehead atoms. The van der Waals surface area contributed by atoms with Gasteiger partial charge in [0.1, 0.15) is 18.0 Å². The lowest BCUT2D eigenvalue weighted by Gasteiger charge is -2.33. The van der Waals surface area contributed by atoms with E-state index >= 15 is 0 Å². The molecule has 2 aromatic carbocycles. The highest BCUT2D eigenvalue weighted by atomic mass is 19.1. The predicted octanol–water partition coefficient (Wildman–Crippen LogP) is 4.96. The monoisotopic (exact) mass is 519 g/mol. The van der Waals surface area contributed by atoms with Crippen LogP contribution in [0, 0.1) is 5.82 Å². The third-order valence-corrected chi connectivity index (χ3v) is 6.53. The molecule has 0 atom stereocenters. The van der Waals surface area contributed by atoms with Gasteiger partial charge in [-0.15, -0.1) is 0 Å². The standard InChI is InChI=1S/C30H34FN3O4/c1-30(2,3)38-28(36)20-34-19-25(26(17-27(34)35)32-18-21-7-5-4-6-8-21)29(37)33-15-13-23(14-16-33)22-9-11-24(31)12-10-22/h4-12,17,19,23,32H,13-16,18,20H2,1-3H3. The van der Waals surface area contributed by atoms with E-state index in [-0.39, 0.29) is 24.2 Å². The minimum Gasteiger partial charge on any atom is -0.459 e. The molecule has 1 fully saturated rings. The molecule has 3 aromatic rings. The molecule has 7 nitrogen and oxygen atoms in total. The molecule has 0 radical (unpaired) electrons. The van der Waals surface area contributed by atoms with E-state index in [4.69, 9.17) is 4.74 Å². The number of benzene rings is 2. The smallest absolute Gasteiger partial charge is 0.326 e. The Bertz CT molecular complexity index is 1320. The number of nitrogens with one attached hydrogen (secondary N) is 1. The zero-order chi connectivity index (χ0) is 27.3. The lowest BCUT2D eigenvalue weighted by Crippen LogP contribution is -2.39. The van der Waals surface area contributed by atoms with Gasteiger partial charge < -0.3 is 19.5 Å². The summed E-state index contributed by atoms with van der Waals surface area (Å²) in [5.41, 5.74) is 1.72. The molecular weight excluding hydrogens is 485 g/mol. The summed E-state index contributed by atoms with van der Waals surface area (Å²) in [6.45, 7) is 6.48. The lowest BCUT2D eigenvalue weighted by atomic mass is 9.89. The minimum atomic E-state index is -0.689. The van der Waals surface area contributed by atoms with Crippen LogP contribution in [0.5, 0.6) is 0 Å². The molecule has 1 aromatic heterocycles. The number of rotatable bonds is 7. The number of hydrogen-bond acceptors (Lipinski definition) is 5. The maximum Gasteiger partial charge on any atom is 0.326 e. The Labute approximate surface area is 222 Å². The molecular formula is C30H34FN3O4. The Hall–Kier alpha value is -3.94. The highest BCUT2D eigenvalue weighted by Gasteiger charge is 2.27. The van der Waals surface area contributed by atoms with Crippen LogP contribution in [0.25, 0.3) is 0 Å². The van der Waals surface area contributed by atoms with Crippen molar-refractivity contribution in [3.63, 3.8) is 0 Å². The number of pyridine rings is 1. The average Bonchev–Trinajstić information content (AvgIpc) is 2.88. The average molecular weight is 520 g/mol. The number of aromatic nitrogens is 1. The predicted molar refractivity (Wildman–Crippen MR) is 145 cm³/mol. The van der Waals surface area contributed by atoms with Crippen molar-refractivity contribution >= 4 is 17.6 Å². The fourth-order valence-electron chi connectivity index (χ4n) is 4.64. The number of esters is 1. The lowest BCUT2D eigenvalue weighted by molar-refractivity contribution is -0.155. The van der Waals surface area contributed by atoms with Crippen molar-refractivity contribution in [2.45, 2.75) is 58.2 Å². The summed E-state index contributed by atoms with van der Waals surface area (Å²) in [6, 6.07) is 17.6. The van der Waals surface area contributed by atoms with Crippen LogP contribution >= 0.6 is 0 Å². The Kier molecular flexibility index (Phi) is 8.29. The molecule has 1 N–H and O–H groups in total. The Morgan fingerprint density at radius 3 is 2.32 bits per heavy atom. The van der Waals surface area contributed by atoms with Crippen molar-refractivity contribution in [2.24, 2.45) is 0 Å². The number of amides is 1. The number of anilines is 1. The molecule has 1 aliphatic heterocycles. The van der Waals surface area contributed by atoms with Gasteiger partial charge in [0, 0.05) is 31.9 Å². The Morgan fingerprint density at radius 1 is 1.03 bits per heavy atom. The molecule has 0 aliphatic carbocycles. The van der Waals surface area contributed by atoms with Crippen LogP contribution in [0.15, 0.2) is 71.7 Å². The molecule has 200 valence electrons. The quantitative estimate of drug-likeness (QED) is 0.446. The highest BCUT2D eigenvalue weighted by Crippen LogP contribution is 2.29. The molecule has 8 heteroatoms. The first kappa shape index (κ1) is 27.1. The number of nitrogens with zero attached hydrogens (tertiary/aromatic N) is 2. The maximum atomic E-state index is 13.7. The van der Waals surface area contributed by atoms with Crippen LogP contribution in [0.1, 0.15) is 61.0 Å². The van der Waals surface area contributed by atoms with E-state index in [1.165, 1.54) is 29.0 Å². The Morgan fingerprint density at radius 2 is 1.68 bits per heavy atom. The highest BCUT2D eigenvalue weighted by molar-refractivity contribution is 5.99. The van der Waals surface area contributed by atoms with Crippen LogP contribution in [0.3, 0.4) is 0 Å². The number of hydrogen-bond donors (Lipinski definition) is 1. The largest absolute Gasteiger partial charge is 0.459 e. The summed E-state index contributed by atoms with van der Waals surface area (Å²) in [5.74, 6) is -0.783. The molecule has 0 unspecified atom stereocenters. The zero-order valence-corrected chi connectivity index (χ0v) is 22.1. The normalized spacial score (nSPS) is 14.3. The van der Waals surface area contributed by atoms with E-state index in [2.05, 4.69) is 5.32 Å². The van der Waals surface area contributed by atoms with Crippen LogP contribution in [0.4, 0.5) is 10.1 Å². The third kappa shape index (κ3) is 7.09. The third-order valence-electron chi connectivity index (χ3n) is 6.53. The molecule has 0 saturated carbocycles. The molecule has 4 rings (SSSR count). The fourth-order valence-corrected chi connectivity index (χ4v) is 4.64. The number of carbonyl (C=O) groups is 2. The summed E-state index contributed by atoms with van der Waals surface area (Å²) < 4.78 is 19.9. The van der Waals surface area contributed by atoms with Gasteiger partial charge >= 0.3 is 5.97 Å². The first-order chi connectivity index (χ1) is 18.1. The van der Waals surface area contributed by atoms with Crippen molar-refractivity contribution in [1.82, 2.24) is 9.47 Å². The van der Waals surface area contributed by atoms with Gasteiger partial charge in [-0.25, -0.2) is 4.39 Å². The van der Waals surface area contributed by atoms with E-state index < -0.39 is 17.1 Å². The molecule has 1 amide bonds. The van der Waals surface area contributed by atoms with E-state index in [0.29, 0.717) is 30.9 Å². The van der Waals surface area contributed by atoms with E-state index in [1.807, 2.05) is 30.3 Å². The van der Waals surface area contributed by atoms with Gasteiger partial charge in [0.25, 0.3) is 11.5 Å². The van der Waals surface area contributed by atoms with E-state index in [9.17, 15) is 18.8 Å². The van der Waals surface area contributed by atoms with Crippen molar-refractivity contribution in [3.8, 4) is 0 Å². The van der Waals surface area contributed by atoms with Crippen LogP contribution in [-0.4, -0.2) is 40.0 Å². The molecule has 1 aliphatic rings. The second-order valence-electron chi connectivity index (χ2n) is 10.6. The number of likely N-dealkylation sites (tertiary alicyclic amines) is 1. The molecule has 38 heavy (non-hydrogen) atoms. The van der Waals surface area contributed by atoms with Gasteiger partial charge in [-0.05, 0) is 62.8 Å². The topological polar surface area (TPSA) is 80.6 Å². The summed E-state index contributed by atoms with van der Waals surface area (Å²) in [7, 11) is 0. The maximum absolute atomic E-state index is 13.7. The summed E-state index contributed by atoms with van der Waals surface area (Å²) in [6.07, 6.45) is 2.96. The van der Waals surface area contributed by atoms with Gasteiger partial charge in [0.05, 0.1) is 11.3 Å². The fraction of sp³-hybridized carbons (Fsp3) is 0.367. The molecule has 2 heterocycles. The van der Waals surface area contributed by atoms with E-state index in [1.54, 1.807) is 37.8 Å². The van der Waals surface area contributed by atoms with E-state index in [0.717, 1.165) is 24.0 Å². The van der Waals surface area contributed by atoms with Crippen LogP contribution in [0.2, 0.25) is 0 Å². The number of carbonyl (C=O) groups excluding carboxylic acids is 2.